The fraction of sp³-hybridized carbons (Fsp3) is 0.556. The van der Waals surface area contributed by atoms with Gasteiger partial charge in [0.05, 0.1) is 12.1 Å². The van der Waals surface area contributed by atoms with E-state index in [1.165, 1.54) is 0 Å². The van der Waals surface area contributed by atoms with E-state index in [9.17, 15) is 9.59 Å². The van der Waals surface area contributed by atoms with Crippen LogP contribution in [-0.4, -0.2) is 48.3 Å². The van der Waals surface area contributed by atoms with E-state index in [2.05, 4.69) is 33.2 Å². The molecule has 2 saturated heterocycles. The molecule has 1 aromatic rings. The summed E-state index contributed by atoms with van der Waals surface area (Å²) in [6, 6.07) is 8.18. The van der Waals surface area contributed by atoms with E-state index >= 15 is 0 Å². The predicted molar refractivity (Wildman–Crippen MR) is 110 cm³/mol. The number of hydrogen-bond donors (Lipinski definition) is 2. The average Bonchev–Trinajstić information content (AvgIpc) is 3.17. The van der Waals surface area contributed by atoms with Crippen molar-refractivity contribution in [3.05, 3.63) is 27.8 Å². The molecule has 3 unspecified atom stereocenters. The Balaban J connectivity index is 1.22. The minimum atomic E-state index is -0.177. The molecule has 0 saturated carbocycles. The number of thioether (sulfide) groups is 1. The van der Waals surface area contributed by atoms with Gasteiger partial charge in [0, 0.05) is 21.0 Å². The summed E-state index contributed by atoms with van der Waals surface area (Å²) in [5.74, 6) is 1.57. The van der Waals surface area contributed by atoms with Crippen molar-refractivity contribution >= 4 is 46.4 Å². The molecule has 3 rings (SSSR count). The molecule has 0 spiro atoms. The summed E-state index contributed by atoms with van der Waals surface area (Å²) in [5.41, 5.74) is 0. The molecule has 2 heterocycles. The molecule has 0 aliphatic carbocycles. The molecule has 26 heavy (non-hydrogen) atoms. The third kappa shape index (κ3) is 5.67. The first kappa shape index (κ1) is 19.6. The highest BCUT2D eigenvalue weighted by Crippen LogP contribution is 2.33. The molecule has 0 radical (unpaired) electrons. The van der Waals surface area contributed by atoms with Crippen LogP contribution in [0.25, 0.3) is 0 Å². The molecule has 2 N–H and O–H groups in total. The van der Waals surface area contributed by atoms with Crippen LogP contribution in [0.3, 0.4) is 0 Å². The maximum atomic E-state index is 11.8. The second-order valence-corrected chi connectivity index (χ2v) is 8.91. The summed E-state index contributed by atoms with van der Waals surface area (Å²) >= 11 is 4.14. The summed E-state index contributed by atoms with van der Waals surface area (Å²) < 4.78 is 11.9. The van der Waals surface area contributed by atoms with Crippen molar-refractivity contribution in [2.24, 2.45) is 0 Å². The molecule has 2 fully saturated rings. The lowest BCUT2D eigenvalue weighted by Gasteiger charge is -2.16. The first-order chi connectivity index (χ1) is 12.6. The van der Waals surface area contributed by atoms with Gasteiger partial charge < -0.3 is 20.1 Å². The number of nitrogens with one attached hydrogen (secondary N) is 2. The second-order valence-electron chi connectivity index (χ2n) is 6.39. The largest absolute Gasteiger partial charge is 0.490 e. The topological polar surface area (TPSA) is 76.7 Å². The number of urea groups is 1. The number of rotatable bonds is 9. The van der Waals surface area contributed by atoms with E-state index in [4.69, 9.17) is 9.47 Å². The normalized spacial score (nSPS) is 23.9. The summed E-state index contributed by atoms with van der Waals surface area (Å²) in [6.07, 6.45) is 3.22. The van der Waals surface area contributed by atoms with Gasteiger partial charge in [0.1, 0.15) is 19.0 Å². The Morgan fingerprint density at radius 2 is 2.00 bits per heavy atom. The summed E-state index contributed by atoms with van der Waals surface area (Å²) in [5, 5.41) is 6.37. The Morgan fingerprint density at radius 3 is 2.81 bits per heavy atom. The molecular weight excluding hydrogens is 467 g/mol. The van der Waals surface area contributed by atoms with Gasteiger partial charge in [-0.15, -0.1) is 0 Å². The van der Waals surface area contributed by atoms with Gasteiger partial charge >= 0.3 is 12.0 Å². The number of esters is 1. The zero-order chi connectivity index (χ0) is 18.4. The van der Waals surface area contributed by atoms with Crippen LogP contribution in [-0.2, 0) is 9.53 Å². The molecule has 2 aliphatic rings. The number of benzene rings is 1. The molecule has 3 atom stereocenters. The SMILES string of the molecule is O=C1NC2CSC(CCCCC(=O)OCCOc3ccc(I)cc3)C2N1. The molecule has 0 bridgehead atoms. The number of ether oxygens (including phenoxy) is 2. The Hall–Kier alpha value is -1.16. The van der Waals surface area contributed by atoms with Crippen molar-refractivity contribution in [1.29, 1.82) is 0 Å². The molecular formula is C18H23IN2O4S. The summed E-state index contributed by atoms with van der Waals surface area (Å²) in [4.78, 5) is 23.1. The van der Waals surface area contributed by atoms with Crippen LogP contribution in [0.5, 0.6) is 5.75 Å². The molecule has 0 aromatic heterocycles. The van der Waals surface area contributed by atoms with Crippen molar-refractivity contribution in [1.82, 2.24) is 10.6 Å². The fourth-order valence-electron chi connectivity index (χ4n) is 3.18. The van der Waals surface area contributed by atoms with E-state index in [0.717, 1.165) is 34.3 Å². The van der Waals surface area contributed by atoms with Crippen LogP contribution < -0.4 is 15.4 Å². The zero-order valence-corrected chi connectivity index (χ0v) is 17.4. The van der Waals surface area contributed by atoms with Gasteiger partial charge in [0.25, 0.3) is 0 Å². The van der Waals surface area contributed by atoms with Crippen molar-refractivity contribution < 1.29 is 19.1 Å². The highest BCUT2D eigenvalue weighted by Gasteiger charge is 2.42. The van der Waals surface area contributed by atoms with Crippen LogP contribution in [0, 0.1) is 3.57 Å². The van der Waals surface area contributed by atoms with Crippen LogP contribution in [0.4, 0.5) is 4.79 Å². The maximum Gasteiger partial charge on any atom is 0.315 e. The highest BCUT2D eigenvalue weighted by atomic mass is 127. The third-order valence-corrected chi connectivity index (χ3v) is 6.71. The molecule has 8 heteroatoms. The minimum Gasteiger partial charge on any atom is -0.490 e. The Kier molecular flexibility index (Phi) is 7.30. The lowest BCUT2D eigenvalue weighted by molar-refractivity contribution is -0.144. The number of unbranched alkanes of at least 4 members (excludes halogenated alkanes) is 1. The number of halogens is 1. The van der Waals surface area contributed by atoms with Gasteiger partial charge in [-0.1, -0.05) is 6.42 Å². The average molecular weight is 490 g/mol. The molecule has 142 valence electrons. The van der Waals surface area contributed by atoms with E-state index in [1.807, 2.05) is 36.0 Å². The Morgan fingerprint density at radius 1 is 1.19 bits per heavy atom. The van der Waals surface area contributed by atoms with Gasteiger partial charge in [-0.25, -0.2) is 4.79 Å². The van der Waals surface area contributed by atoms with Crippen molar-refractivity contribution in [2.45, 2.75) is 43.0 Å². The molecule has 2 amide bonds. The zero-order valence-electron chi connectivity index (χ0n) is 14.4. The highest BCUT2D eigenvalue weighted by molar-refractivity contribution is 14.1. The smallest absolute Gasteiger partial charge is 0.315 e. The van der Waals surface area contributed by atoms with Crippen molar-refractivity contribution in [2.75, 3.05) is 19.0 Å². The van der Waals surface area contributed by atoms with Gasteiger partial charge in [-0.05, 0) is 59.7 Å². The fourth-order valence-corrected chi connectivity index (χ4v) is 5.08. The summed E-state index contributed by atoms with van der Waals surface area (Å²) in [6.45, 7) is 0.631. The molecule has 1 aromatic carbocycles. The van der Waals surface area contributed by atoms with Crippen molar-refractivity contribution in [3.63, 3.8) is 0 Å². The number of hydrogen-bond acceptors (Lipinski definition) is 5. The lowest BCUT2D eigenvalue weighted by Crippen LogP contribution is -2.36. The van der Waals surface area contributed by atoms with Gasteiger partial charge in [0.2, 0.25) is 0 Å². The monoisotopic (exact) mass is 490 g/mol. The van der Waals surface area contributed by atoms with E-state index in [0.29, 0.717) is 18.3 Å². The van der Waals surface area contributed by atoms with Gasteiger partial charge in [-0.2, -0.15) is 11.8 Å². The molecule has 2 aliphatic heterocycles. The van der Waals surface area contributed by atoms with E-state index in [1.54, 1.807) is 0 Å². The van der Waals surface area contributed by atoms with Crippen LogP contribution in [0.1, 0.15) is 25.7 Å². The summed E-state index contributed by atoms with van der Waals surface area (Å²) in [7, 11) is 0. The maximum absolute atomic E-state index is 11.8. The van der Waals surface area contributed by atoms with Crippen LogP contribution >= 0.6 is 34.4 Å². The quantitative estimate of drug-likeness (QED) is 0.241. The Bertz CT molecular complexity index is 628. The number of fused-ring (bicyclic) bond motifs is 1. The molecule has 6 nitrogen and oxygen atoms in total. The van der Waals surface area contributed by atoms with Crippen LogP contribution in [0.15, 0.2) is 24.3 Å². The van der Waals surface area contributed by atoms with Crippen molar-refractivity contribution in [3.8, 4) is 5.75 Å². The van der Waals surface area contributed by atoms with E-state index in [-0.39, 0.29) is 30.7 Å². The third-order valence-electron chi connectivity index (χ3n) is 4.49. The number of amides is 2. The number of carbonyl (C=O) groups is 2. The standard InChI is InChI=1S/C18H23IN2O4S/c19-12-5-7-13(8-6-12)24-9-10-25-16(22)4-2-1-3-15-17-14(11-26-15)20-18(23)21-17/h5-8,14-15,17H,1-4,9-11H2,(H2,20,21,23). The first-order valence-corrected chi connectivity index (χ1v) is 11.0. The number of carbonyl (C=O) groups excluding carboxylic acids is 2. The second kappa shape index (κ2) is 9.68. The van der Waals surface area contributed by atoms with Gasteiger partial charge in [0.15, 0.2) is 0 Å². The lowest BCUT2D eigenvalue weighted by atomic mass is 10.0. The van der Waals surface area contributed by atoms with Gasteiger partial charge in [-0.3, -0.25) is 4.79 Å². The first-order valence-electron chi connectivity index (χ1n) is 8.84. The van der Waals surface area contributed by atoms with E-state index < -0.39 is 0 Å². The minimum absolute atomic E-state index is 0.0543. The van der Waals surface area contributed by atoms with Crippen LogP contribution in [0.2, 0.25) is 0 Å². The Labute approximate surface area is 171 Å². The predicted octanol–water partition coefficient (Wildman–Crippen LogP) is 2.94.